The van der Waals surface area contributed by atoms with Gasteiger partial charge in [-0.05, 0) is 107 Å². The summed E-state index contributed by atoms with van der Waals surface area (Å²) in [7, 11) is 11.9. The molecule has 7 rings (SSSR count). The minimum atomic E-state index is -0.912. The maximum absolute atomic E-state index is 14.5. The van der Waals surface area contributed by atoms with Gasteiger partial charge in [-0.15, -0.1) is 0 Å². The summed E-state index contributed by atoms with van der Waals surface area (Å²) in [5, 5.41) is 29.9. The third-order valence-electron chi connectivity index (χ3n) is 13.5. The van der Waals surface area contributed by atoms with Gasteiger partial charge in [0.2, 0.25) is 5.91 Å². The molecule has 328 valence electrons. The monoisotopic (exact) mass is 827 g/mol. The Morgan fingerprint density at radius 2 is 1.72 bits per heavy atom. The van der Waals surface area contributed by atoms with Gasteiger partial charge in [0.25, 0.3) is 5.91 Å². The van der Waals surface area contributed by atoms with Crippen LogP contribution in [0, 0.1) is 29.1 Å². The average Bonchev–Trinajstić information content (AvgIpc) is 3.57. The lowest BCUT2D eigenvalue weighted by Gasteiger charge is -2.62. The maximum atomic E-state index is 14.5. The molecule has 4 fully saturated rings. The second kappa shape index (κ2) is 19.3. The van der Waals surface area contributed by atoms with Crippen molar-refractivity contribution in [2.45, 2.75) is 83.8 Å². The van der Waals surface area contributed by atoms with Gasteiger partial charge in [0.15, 0.2) is 0 Å². The minimum absolute atomic E-state index is 0.0269. The maximum Gasteiger partial charge on any atom is 0.251 e. The van der Waals surface area contributed by atoms with E-state index in [2.05, 4.69) is 59.4 Å². The first-order valence-corrected chi connectivity index (χ1v) is 21.7. The van der Waals surface area contributed by atoms with Crippen LogP contribution >= 0.6 is 0 Å². The topological polar surface area (TPSA) is 130 Å². The number of nitrogens with zero attached hydrogens (tertiary/aromatic N) is 4. The summed E-state index contributed by atoms with van der Waals surface area (Å²) < 4.78 is 6.67. The van der Waals surface area contributed by atoms with Crippen molar-refractivity contribution in [3.63, 3.8) is 0 Å². The van der Waals surface area contributed by atoms with Crippen molar-refractivity contribution in [3.8, 4) is 16.9 Å². The van der Waals surface area contributed by atoms with Gasteiger partial charge >= 0.3 is 0 Å². The van der Waals surface area contributed by atoms with Gasteiger partial charge in [-0.1, -0.05) is 69.3 Å². The molecule has 2 bridgehead atoms. The Labute approximate surface area is 358 Å². The molecule has 9 atom stereocenters. The smallest absolute Gasteiger partial charge is 0.251 e. The summed E-state index contributed by atoms with van der Waals surface area (Å²) in [6, 6.07) is 21.1. The molecule has 3 saturated carbocycles. The Morgan fingerprint density at radius 1 is 0.983 bits per heavy atom. The van der Waals surface area contributed by atoms with Crippen LogP contribution in [0.1, 0.15) is 62.0 Å². The molecule has 3 aromatic rings. The second-order valence-electron chi connectivity index (χ2n) is 19.0. The standard InChI is InChI=1S/C48H70N6O6/c1-30-40-25-36(48(40,3)4)26-41(30)50-47(58)44-43(31(2)56)42(29-55)60-54(44)27-33-17-14-18-39(45(33)59-20-19-51(5)6)34-22-35(24-38(23-34)53(9)10)46(57)49-37(28-52(7)8)21-32-15-12-11-13-16-32/h11-18,22-24,30-31,36-37,40-44,55-56H,19-21,25-29H2,1-10H3,(H,49,57)(H,50,58)/t30-,31-,36-,37-,40+,41-,42-,43+,44-/m0/s1. The van der Waals surface area contributed by atoms with Crippen LogP contribution in [0.5, 0.6) is 5.75 Å². The van der Waals surface area contributed by atoms with Crippen molar-refractivity contribution in [1.29, 1.82) is 0 Å². The number of amides is 2. The van der Waals surface area contributed by atoms with E-state index < -0.39 is 24.2 Å². The predicted molar refractivity (Wildman–Crippen MR) is 238 cm³/mol. The molecule has 0 unspecified atom stereocenters. The molecule has 2 amide bonds. The molecule has 3 aromatic carbocycles. The summed E-state index contributed by atoms with van der Waals surface area (Å²) in [4.78, 5) is 41.2. The van der Waals surface area contributed by atoms with Gasteiger partial charge in [0, 0.05) is 67.6 Å². The van der Waals surface area contributed by atoms with E-state index >= 15 is 0 Å². The lowest BCUT2D eigenvalue weighted by Crippen LogP contribution is -2.62. The van der Waals surface area contributed by atoms with Crippen LogP contribution in [-0.4, -0.2) is 136 Å². The van der Waals surface area contributed by atoms with E-state index in [0.717, 1.165) is 34.4 Å². The number of benzene rings is 3. The number of aliphatic hydroxyl groups is 2. The van der Waals surface area contributed by atoms with E-state index in [0.29, 0.717) is 55.2 Å². The fraction of sp³-hybridized carbons (Fsp3) is 0.583. The van der Waals surface area contributed by atoms with Gasteiger partial charge in [-0.3, -0.25) is 14.4 Å². The zero-order valence-corrected chi connectivity index (χ0v) is 37.5. The van der Waals surface area contributed by atoms with Crippen LogP contribution < -0.4 is 20.3 Å². The molecule has 4 N–H and O–H groups in total. The third kappa shape index (κ3) is 10.2. The molecule has 1 aliphatic heterocycles. The number of carbonyl (C=O) groups excluding carboxylic acids is 2. The molecule has 12 heteroatoms. The van der Waals surface area contributed by atoms with E-state index in [-0.39, 0.29) is 42.5 Å². The summed E-state index contributed by atoms with van der Waals surface area (Å²) in [6.45, 7) is 10.1. The lowest BCUT2D eigenvalue weighted by molar-refractivity contribution is -0.183. The second-order valence-corrected chi connectivity index (χ2v) is 19.0. The number of rotatable bonds is 18. The van der Waals surface area contributed by atoms with Gasteiger partial charge in [-0.25, -0.2) is 0 Å². The molecule has 3 aliphatic carbocycles. The van der Waals surface area contributed by atoms with Crippen molar-refractivity contribution in [2.75, 3.05) is 73.5 Å². The summed E-state index contributed by atoms with van der Waals surface area (Å²) in [5.74, 6) is 1.03. The molecule has 60 heavy (non-hydrogen) atoms. The van der Waals surface area contributed by atoms with Crippen molar-refractivity contribution in [3.05, 3.63) is 83.4 Å². The first-order valence-electron chi connectivity index (χ1n) is 21.7. The van der Waals surface area contributed by atoms with Crippen molar-refractivity contribution >= 4 is 17.5 Å². The number of para-hydroxylation sites is 1. The Kier molecular flexibility index (Phi) is 14.7. The molecular weight excluding hydrogens is 757 g/mol. The number of hydrogen-bond donors (Lipinski definition) is 4. The van der Waals surface area contributed by atoms with Gasteiger partial charge < -0.3 is 40.3 Å². The molecule has 0 spiro atoms. The zero-order chi connectivity index (χ0) is 43.5. The number of ether oxygens (including phenoxy) is 1. The average molecular weight is 827 g/mol. The summed E-state index contributed by atoms with van der Waals surface area (Å²) in [6.07, 6.45) is 1.14. The van der Waals surface area contributed by atoms with Crippen LogP contribution in [0.2, 0.25) is 0 Å². The van der Waals surface area contributed by atoms with E-state index in [4.69, 9.17) is 9.57 Å². The summed E-state index contributed by atoms with van der Waals surface area (Å²) >= 11 is 0. The molecule has 1 saturated heterocycles. The number of likely N-dealkylation sites (N-methyl/N-ethyl adjacent to an activating group) is 2. The third-order valence-corrected chi connectivity index (χ3v) is 13.5. The quantitative estimate of drug-likeness (QED) is 0.140. The van der Waals surface area contributed by atoms with E-state index in [9.17, 15) is 19.8 Å². The Morgan fingerprint density at radius 3 is 2.33 bits per heavy atom. The molecule has 1 heterocycles. The highest BCUT2D eigenvalue weighted by atomic mass is 16.7. The highest BCUT2D eigenvalue weighted by Crippen LogP contribution is 2.61. The number of aliphatic hydroxyl groups excluding tert-OH is 2. The van der Waals surface area contributed by atoms with E-state index in [1.165, 1.54) is 6.42 Å². The first kappa shape index (κ1) is 45.5. The minimum Gasteiger partial charge on any atom is -0.491 e. The first-order chi connectivity index (χ1) is 28.5. The number of anilines is 1. The van der Waals surface area contributed by atoms with Gasteiger partial charge in [0.05, 0.1) is 19.3 Å². The highest BCUT2D eigenvalue weighted by molar-refractivity contribution is 5.97. The number of carbonyl (C=O) groups is 2. The van der Waals surface area contributed by atoms with Crippen molar-refractivity contribution in [1.82, 2.24) is 25.5 Å². The molecule has 0 aromatic heterocycles. The van der Waals surface area contributed by atoms with Gasteiger partial charge in [0.1, 0.15) is 24.5 Å². The van der Waals surface area contributed by atoms with Crippen LogP contribution in [0.4, 0.5) is 5.69 Å². The predicted octanol–water partition coefficient (Wildman–Crippen LogP) is 4.92. The Hall–Kier alpha value is -4.04. The van der Waals surface area contributed by atoms with Crippen LogP contribution in [0.3, 0.4) is 0 Å². The molecular formula is C48H70N6O6. The fourth-order valence-electron chi connectivity index (χ4n) is 10.0. The largest absolute Gasteiger partial charge is 0.491 e. The number of nitrogens with one attached hydrogen (secondary N) is 2. The van der Waals surface area contributed by atoms with Crippen molar-refractivity contribution in [2.24, 2.45) is 29.1 Å². The normalized spacial score (nSPS) is 25.7. The molecule has 12 nitrogen and oxygen atoms in total. The number of hydroxylamine groups is 2. The Balaban J connectivity index is 1.33. The fourth-order valence-corrected chi connectivity index (χ4v) is 10.0. The summed E-state index contributed by atoms with van der Waals surface area (Å²) in [5.41, 5.74) is 5.19. The van der Waals surface area contributed by atoms with E-state index in [1.54, 1.807) is 12.0 Å². The SMILES string of the molecule is C[C@@H]1[C@@H](NC(=O)[C@@H]2[C@H]([C@H](C)O)[C@H](CO)ON2Cc2cccc(-c3cc(C(=O)N[C@@H](Cc4ccccc4)CN(C)C)cc(N(C)C)c3)c2OCCN(C)C)C[C@@H]2C[C@H]1C2(C)C. The highest BCUT2D eigenvalue weighted by Gasteiger charge is 2.57. The van der Waals surface area contributed by atoms with Crippen LogP contribution in [0.15, 0.2) is 66.7 Å². The zero-order valence-electron chi connectivity index (χ0n) is 37.5. The van der Waals surface area contributed by atoms with Crippen molar-refractivity contribution < 1.29 is 29.4 Å². The molecule has 4 aliphatic rings. The molecule has 0 radical (unpaired) electrons. The van der Waals surface area contributed by atoms with Crippen LogP contribution in [0.25, 0.3) is 11.1 Å². The van der Waals surface area contributed by atoms with E-state index in [1.807, 2.05) is 95.7 Å². The van der Waals surface area contributed by atoms with Gasteiger partial charge in [-0.2, -0.15) is 5.06 Å². The lowest BCUT2D eigenvalue weighted by atomic mass is 9.45. The number of fused-ring (bicyclic) bond motifs is 2. The number of hydrogen-bond acceptors (Lipinski definition) is 10. The Bertz CT molecular complexity index is 1920. The van der Waals surface area contributed by atoms with Crippen LogP contribution in [-0.2, 0) is 22.6 Å².